The number of hydrogen-bond acceptors (Lipinski definition) is 11. The highest BCUT2D eigenvalue weighted by Gasteiger charge is 2.40. The molecule has 0 aliphatic carbocycles. The first-order valence-corrected chi connectivity index (χ1v) is 10.9. The minimum atomic E-state index is -0.587. The van der Waals surface area contributed by atoms with Gasteiger partial charge in [-0.3, -0.25) is 0 Å². The Bertz CT molecular complexity index is 1070. The second-order valence-corrected chi connectivity index (χ2v) is 8.52. The van der Waals surface area contributed by atoms with Crippen LogP contribution in [0.15, 0.2) is 43.5 Å². The Labute approximate surface area is 190 Å². The van der Waals surface area contributed by atoms with E-state index >= 15 is 0 Å². The number of fused-ring (bicyclic) bond motifs is 1. The lowest BCUT2D eigenvalue weighted by molar-refractivity contribution is -0.0362. The van der Waals surface area contributed by atoms with Gasteiger partial charge in [-0.1, -0.05) is 19.1 Å². The maximum Gasteiger partial charge on any atom is 0.309 e. The smallest absolute Gasteiger partial charge is 0.309 e. The number of benzene rings is 1. The molecule has 1 N–H and O–H groups in total. The van der Waals surface area contributed by atoms with E-state index in [-0.39, 0.29) is 23.5 Å². The molecule has 5 rings (SSSR count). The van der Waals surface area contributed by atoms with Gasteiger partial charge < -0.3 is 14.5 Å². The van der Waals surface area contributed by atoms with Crippen LogP contribution in [0, 0.1) is 23.1 Å². The fraction of sp³-hybridized carbons (Fsp3) is 0.524. The standard InChI is InChI=1S/C21H24FN9O2/c1-12(2)18-26-21(33-28-18)30-7-5-14(6-8-30)32-20-17-19(24-11-25-20)31(29-27-17)16-4-3-13(10-23)9-15(16)22/h3-4,9,11-12,14,17-18,20,28H,5-8H2,1-2H3. The van der Waals surface area contributed by atoms with Crippen LogP contribution >= 0.6 is 0 Å². The zero-order valence-corrected chi connectivity index (χ0v) is 18.3. The molecule has 0 bridgehead atoms. The van der Waals surface area contributed by atoms with Crippen molar-refractivity contribution in [3.8, 4) is 6.07 Å². The molecule has 3 unspecified atom stereocenters. The van der Waals surface area contributed by atoms with Gasteiger partial charge in [0.1, 0.15) is 24.0 Å². The van der Waals surface area contributed by atoms with E-state index in [4.69, 9.17) is 14.8 Å². The van der Waals surface area contributed by atoms with Gasteiger partial charge in [0.25, 0.3) is 0 Å². The van der Waals surface area contributed by atoms with Crippen LogP contribution in [-0.4, -0.2) is 60.7 Å². The largest absolute Gasteiger partial charge is 0.368 e. The molecule has 1 saturated heterocycles. The van der Waals surface area contributed by atoms with E-state index in [1.54, 1.807) is 0 Å². The van der Waals surface area contributed by atoms with E-state index in [0.29, 0.717) is 17.8 Å². The Balaban J connectivity index is 1.20. The van der Waals surface area contributed by atoms with Crippen molar-refractivity contribution in [2.24, 2.45) is 31.2 Å². The summed E-state index contributed by atoms with van der Waals surface area (Å²) >= 11 is 0. The first-order valence-electron chi connectivity index (χ1n) is 10.9. The van der Waals surface area contributed by atoms with E-state index < -0.39 is 18.1 Å². The van der Waals surface area contributed by atoms with Crippen molar-refractivity contribution in [2.45, 2.75) is 51.2 Å². The maximum absolute atomic E-state index is 14.5. The summed E-state index contributed by atoms with van der Waals surface area (Å²) in [5.41, 5.74) is 3.36. The van der Waals surface area contributed by atoms with Gasteiger partial charge in [0.05, 0.1) is 17.7 Å². The normalized spacial score (nSPS) is 26.8. The monoisotopic (exact) mass is 453 g/mol. The average Bonchev–Trinajstić information content (AvgIpc) is 3.48. The Kier molecular flexibility index (Phi) is 5.74. The number of likely N-dealkylation sites (tertiary alicyclic amines) is 1. The molecule has 0 aromatic heterocycles. The number of piperidine rings is 1. The molecular weight excluding hydrogens is 429 g/mol. The quantitative estimate of drug-likeness (QED) is 0.747. The lowest BCUT2D eigenvalue weighted by Gasteiger charge is -2.34. The molecule has 0 amide bonds. The number of hydrogen-bond donors (Lipinski definition) is 1. The van der Waals surface area contributed by atoms with Gasteiger partial charge >= 0.3 is 6.02 Å². The number of anilines is 1. The van der Waals surface area contributed by atoms with Crippen molar-refractivity contribution in [1.82, 2.24) is 10.4 Å². The Hall–Kier alpha value is -3.43. The van der Waals surface area contributed by atoms with Crippen LogP contribution in [0.25, 0.3) is 0 Å². The maximum atomic E-state index is 14.5. The van der Waals surface area contributed by atoms with Gasteiger partial charge in [0, 0.05) is 13.1 Å². The number of aliphatic imine (C=N–C) groups is 3. The molecule has 1 aromatic rings. The second kappa shape index (κ2) is 8.84. The molecule has 12 heteroatoms. The van der Waals surface area contributed by atoms with Gasteiger partial charge in [-0.15, -0.1) is 5.48 Å². The van der Waals surface area contributed by atoms with Crippen molar-refractivity contribution in [2.75, 3.05) is 18.1 Å². The minimum Gasteiger partial charge on any atom is -0.368 e. The third-order valence-corrected chi connectivity index (χ3v) is 5.92. The number of hydroxylamine groups is 1. The van der Waals surface area contributed by atoms with Crippen LogP contribution in [-0.2, 0) is 9.57 Å². The molecule has 1 fully saturated rings. The van der Waals surface area contributed by atoms with Crippen molar-refractivity contribution < 1.29 is 14.0 Å². The molecule has 11 nitrogen and oxygen atoms in total. The van der Waals surface area contributed by atoms with E-state index in [9.17, 15) is 4.39 Å². The summed E-state index contributed by atoms with van der Waals surface area (Å²) in [6.45, 7) is 5.68. The summed E-state index contributed by atoms with van der Waals surface area (Å²) < 4.78 is 20.8. The van der Waals surface area contributed by atoms with E-state index in [1.165, 1.54) is 23.5 Å². The van der Waals surface area contributed by atoms with Crippen LogP contribution in [0.2, 0.25) is 0 Å². The second-order valence-electron chi connectivity index (χ2n) is 8.52. The number of nitriles is 1. The average molecular weight is 453 g/mol. The summed E-state index contributed by atoms with van der Waals surface area (Å²) in [5.74, 6) is 0.215. The van der Waals surface area contributed by atoms with Crippen LogP contribution in [0.5, 0.6) is 0 Å². The zero-order chi connectivity index (χ0) is 22.9. The van der Waals surface area contributed by atoms with E-state index in [1.807, 2.05) is 6.07 Å². The van der Waals surface area contributed by atoms with Crippen molar-refractivity contribution in [1.29, 1.82) is 5.26 Å². The first kappa shape index (κ1) is 21.4. The fourth-order valence-corrected chi connectivity index (χ4v) is 4.01. The summed E-state index contributed by atoms with van der Waals surface area (Å²) in [6.07, 6.45) is 2.33. The molecule has 1 aromatic carbocycles. The Morgan fingerprint density at radius 1 is 1.30 bits per heavy atom. The highest BCUT2D eigenvalue weighted by Crippen LogP contribution is 2.30. The third kappa shape index (κ3) is 4.17. The molecule has 172 valence electrons. The summed E-state index contributed by atoms with van der Waals surface area (Å²) in [5, 5.41) is 18.6. The van der Waals surface area contributed by atoms with Crippen molar-refractivity contribution in [3.05, 3.63) is 29.6 Å². The lowest BCUT2D eigenvalue weighted by Crippen LogP contribution is -2.45. The molecular formula is C21H24FN9O2. The van der Waals surface area contributed by atoms with Crippen LogP contribution in [0.1, 0.15) is 32.3 Å². The topological polar surface area (TPSA) is 123 Å². The van der Waals surface area contributed by atoms with Gasteiger partial charge in [-0.05, 0) is 37.0 Å². The van der Waals surface area contributed by atoms with Gasteiger partial charge in [0.2, 0.25) is 0 Å². The summed E-state index contributed by atoms with van der Waals surface area (Å²) in [6, 6.07) is 6.16. The van der Waals surface area contributed by atoms with Crippen LogP contribution in [0.4, 0.5) is 10.1 Å². The first-order chi connectivity index (χ1) is 16.0. The number of nitrogens with one attached hydrogen (secondary N) is 1. The molecule has 0 radical (unpaired) electrons. The third-order valence-electron chi connectivity index (χ3n) is 5.92. The lowest BCUT2D eigenvalue weighted by atomic mass is 10.1. The molecule has 4 heterocycles. The highest BCUT2D eigenvalue weighted by atomic mass is 19.1. The van der Waals surface area contributed by atoms with Gasteiger partial charge in [-0.25, -0.2) is 19.4 Å². The Morgan fingerprint density at radius 2 is 2.12 bits per heavy atom. The van der Waals surface area contributed by atoms with Gasteiger partial charge in [-0.2, -0.15) is 15.4 Å². The number of nitrogens with zero attached hydrogens (tertiary/aromatic N) is 8. The van der Waals surface area contributed by atoms with E-state index in [0.717, 1.165) is 32.0 Å². The van der Waals surface area contributed by atoms with Crippen LogP contribution < -0.4 is 10.5 Å². The number of ether oxygens (including phenoxy) is 1. The molecule has 4 aliphatic rings. The molecule has 3 atom stereocenters. The molecule has 0 spiro atoms. The Morgan fingerprint density at radius 3 is 2.82 bits per heavy atom. The van der Waals surface area contributed by atoms with Crippen molar-refractivity contribution >= 4 is 23.9 Å². The van der Waals surface area contributed by atoms with Gasteiger partial charge in [0.15, 0.2) is 18.1 Å². The number of amidine groups is 2. The predicted octanol–water partition coefficient (Wildman–Crippen LogP) is 2.37. The fourth-order valence-electron chi connectivity index (χ4n) is 4.01. The SMILES string of the molecule is CC(C)C1N=C(N2CCC(OC3N=CN=C4C3N=NN4c3ccc(C#N)cc3F)CC2)ON1. The van der Waals surface area contributed by atoms with Crippen LogP contribution in [0.3, 0.4) is 0 Å². The zero-order valence-electron chi connectivity index (χ0n) is 18.3. The number of rotatable bonds is 4. The van der Waals surface area contributed by atoms with Crippen molar-refractivity contribution in [3.63, 3.8) is 0 Å². The summed E-state index contributed by atoms with van der Waals surface area (Å²) in [7, 11) is 0. The predicted molar refractivity (Wildman–Crippen MR) is 118 cm³/mol. The number of halogens is 1. The molecule has 0 saturated carbocycles. The minimum absolute atomic E-state index is 0.0190. The molecule has 4 aliphatic heterocycles. The molecule has 33 heavy (non-hydrogen) atoms. The van der Waals surface area contributed by atoms with E-state index in [2.05, 4.69) is 49.5 Å². The summed E-state index contributed by atoms with van der Waals surface area (Å²) in [4.78, 5) is 20.9. The highest BCUT2D eigenvalue weighted by molar-refractivity contribution is 6.06.